The zero-order valence-electron chi connectivity index (χ0n) is 13.6. The van der Waals surface area contributed by atoms with Gasteiger partial charge in [0.05, 0.1) is 24.3 Å². The summed E-state index contributed by atoms with van der Waals surface area (Å²) >= 11 is 1.37. The molecular formula is C14H17N5O4S. The number of ether oxygens (including phenoxy) is 1. The molecule has 0 aliphatic rings. The van der Waals surface area contributed by atoms with Crippen LogP contribution in [-0.2, 0) is 0 Å². The molecule has 24 heavy (non-hydrogen) atoms. The molecule has 1 aromatic heterocycles. The average Bonchev–Trinajstić information content (AvgIpc) is 2.96. The molecule has 0 bridgehead atoms. The first kappa shape index (κ1) is 17.7. The van der Waals surface area contributed by atoms with Gasteiger partial charge in [-0.15, -0.1) is 10.2 Å². The quantitative estimate of drug-likeness (QED) is 0.368. The van der Waals surface area contributed by atoms with E-state index in [0.29, 0.717) is 11.0 Å². The first-order chi connectivity index (χ1) is 11.4. The number of non-ortho nitro benzene ring substituents is 1. The van der Waals surface area contributed by atoms with E-state index in [1.807, 2.05) is 20.1 Å². The van der Waals surface area contributed by atoms with E-state index in [9.17, 15) is 15.2 Å². The normalized spacial score (nSPS) is 11.4. The number of nitro groups is 1. The lowest BCUT2D eigenvalue weighted by atomic mass is 10.1. The summed E-state index contributed by atoms with van der Waals surface area (Å²) in [6.07, 6.45) is 3.16. The highest BCUT2D eigenvalue weighted by molar-refractivity contribution is 7.98. The molecule has 0 saturated heterocycles. The van der Waals surface area contributed by atoms with E-state index >= 15 is 0 Å². The third kappa shape index (κ3) is 3.48. The van der Waals surface area contributed by atoms with Gasteiger partial charge in [0.1, 0.15) is 0 Å². The molecule has 0 aliphatic carbocycles. The lowest BCUT2D eigenvalue weighted by molar-refractivity contribution is -0.385. The van der Waals surface area contributed by atoms with E-state index in [-0.39, 0.29) is 28.7 Å². The van der Waals surface area contributed by atoms with E-state index in [0.717, 1.165) is 6.07 Å². The number of hydrogen-bond acceptors (Lipinski definition) is 8. The lowest BCUT2D eigenvalue weighted by Crippen LogP contribution is -2.02. The molecule has 1 aromatic carbocycles. The highest BCUT2D eigenvalue weighted by atomic mass is 32.2. The van der Waals surface area contributed by atoms with Crippen LogP contribution in [0.3, 0.4) is 0 Å². The summed E-state index contributed by atoms with van der Waals surface area (Å²) in [4.78, 5) is 10.4. The predicted octanol–water partition coefficient (Wildman–Crippen LogP) is 2.63. The summed E-state index contributed by atoms with van der Waals surface area (Å²) in [5, 5.41) is 34.1. The van der Waals surface area contributed by atoms with Gasteiger partial charge in [-0.3, -0.25) is 10.1 Å². The van der Waals surface area contributed by atoms with Gasteiger partial charge in [0.15, 0.2) is 17.3 Å². The minimum absolute atomic E-state index is 0.00331. The molecule has 0 unspecified atom stereocenters. The van der Waals surface area contributed by atoms with Gasteiger partial charge in [-0.1, -0.05) is 25.6 Å². The maximum Gasteiger partial charge on any atom is 0.274 e. The highest BCUT2D eigenvalue weighted by Gasteiger charge is 2.17. The maximum absolute atomic E-state index is 11.0. The van der Waals surface area contributed by atoms with Crippen molar-refractivity contribution in [1.82, 2.24) is 14.9 Å². The standard InChI is InChI=1S/C14H17N5O4S/c1-8(2)13-16-17-14(24-4)18(13)15-7-9-5-10(19(21)22)6-11(23-3)12(9)20/h5-8,20H,1-4H3/b15-7-. The summed E-state index contributed by atoms with van der Waals surface area (Å²) in [6, 6.07) is 2.37. The van der Waals surface area contributed by atoms with Crippen LogP contribution in [-0.4, -0.2) is 44.5 Å². The Kier molecular flexibility index (Phi) is 5.39. The van der Waals surface area contributed by atoms with Gasteiger partial charge in [-0.05, 0) is 6.26 Å². The molecule has 1 heterocycles. The summed E-state index contributed by atoms with van der Waals surface area (Å²) < 4.78 is 6.51. The second kappa shape index (κ2) is 7.30. The zero-order valence-corrected chi connectivity index (χ0v) is 14.4. The molecule has 128 valence electrons. The number of aromatic hydroxyl groups is 1. The van der Waals surface area contributed by atoms with Crippen LogP contribution in [0.1, 0.15) is 31.2 Å². The van der Waals surface area contributed by atoms with Crippen molar-refractivity contribution in [2.75, 3.05) is 13.4 Å². The largest absolute Gasteiger partial charge is 0.504 e. The van der Waals surface area contributed by atoms with Crippen molar-refractivity contribution >= 4 is 23.7 Å². The van der Waals surface area contributed by atoms with Gasteiger partial charge in [0.2, 0.25) is 5.16 Å². The van der Waals surface area contributed by atoms with Crippen molar-refractivity contribution in [3.05, 3.63) is 33.6 Å². The minimum atomic E-state index is -0.565. The van der Waals surface area contributed by atoms with Crippen molar-refractivity contribution in [2.24, 2.45) is 5.10 Å². The van der Waals surface area contributed by atoms with Gasteiger partial charge < -0.3 is 9.84 Å². The van der Waals surface area contributed by atoms with E-state index < -0.39 is 4.92 Å². The molecule has 0 fully saturated rings. The van der Waals surface area contributed by atoms with Crippen LogP contribution in [0.25, 0.3) is 0 Å². The van der Waals surface area contributed by atoms with Crippen molar-refractivity contribution in [3.63, 3.8) is 0 Å². The van der Waals surface area contributed by atoms with E-state index in [1.165, 1.54) is 31.2 Å². The number of thioether (sulfide) groups is 1. The number of nitro benzene ring substituents is 1. The molecule has 0 saturated carbocycles. The molecule has 0 spiro atoms. The number of phenolic OH excluding ortho intramolecular Hbond substituents is 1. The van der Waals surface area contributed by atoms with Crippen molar-refractivity contribution in [1.29, 1.82) is 0 Å². The Morgan fingerprint density at radius 1 is 1.46 bits per heavy atom. The number of aromatic nitrogens is 3. The summed E-state index contributed by atoms with van der Waals surface area (Å²) in [7, 11) is 1.32. The van der Waals surface area contributed by atoms with Crippen LogP contribution in [0, 0.1) is 10.1 Å². The summed E-state index contributed by atoms with van der Waals surface area (Å²) in [5.41, 5.74) is -0.0412. The average molecular weight is 351 g/mol. The van der Waals surface area contributed by atoms with Crippen LogP contribution in [0.15, 0.2) is 22.4 Å². The number of methoxy groups -OCH3 is 1. The Labute approximate surface area is 142 Å². The van der Waals surface area contributed by atoms with Gasteiger partial charge in [-0.2, -0.15) is 9.78 Å². The van der Waals surface area contributed by atoms with Crippen molar-refractivity contribution in [2.45, 2.75) is 24.9 Å². The lowest BCUT2D eigenvalue weighted by Gasteiger charge is -2.07. The molecular weight excluding hydrogens is 334 g/mol. The molecule has 9 nitrogen and oxygen atoms in total. The Hall–Kier alpha value is -2.62. The fourth-order valence-corrected chi connectivity index (χ4v) is 2.40. The zero-order chi connectivity index (χ0) is 17.9. The molecule has 10 heteroatoms. The Morgan fingerprint density at radius 2 is 2.17 bits per heavy atom. The number of benzene rings is 1. The Bertz CT molecular complexity index is 788. The molecule has 0 atom stereocenters. The molecule has 2 rings (SSSR count). The third-order valence-corrected chi connectivity index (χ3v) is 3.79. The van der Waals surface area contributed by atoms with Crippen LogP contribution in [0.4, 0.5) is 5.69 Å². The van der Waals surface area contributed by atoms with Gasteiger partial charge in [0, 0.05) is 17.5 Å². The number of hydrogen-bond donors (Lipinski definition) is 1. The topological polar surface area (TPSA) is 116 Å². The van der Waals surface area contributed by atoms with Gasteiger partial charge in [0.25, 0.3) is 5.69 Å². The van der Waals surface area contributed by atoms with Crippen LogP contribution >= 0.6 is 11.8 Å². The molecule has 0 radical (unpaired) electrons. The fourth-order valence-electron chi connectivity index (χ4n) is 1.97. The first-order valence-corrected chi connectivity index (χ1v) is 8.20. The monoisotopic (exact) mass is 351 g/mol. The second-order valence-electron chi connectivity index (χ2n) is 5.10. The number of rotatable bonds is 6. The molecule has 2 aromatic rings. The van der Waals surface area contributed by atoms with E-state index in [1.54, 1.807) is 4.68 Å². The number of phenols is 1. The second-order valence-corrected chi connectivity index (χ2v) is 5.87. The minimum Gasteiger partial charge on any atom is -0.504 e. The maximum atomic E-state index is 11.0. The number of nitrogens with zero attached hydrogens (tertiary/aromatic N) is 5. The smallest absolute Gasteiger partial charge is 0.274 e. The Morgan fingerprint density at radius 3 is 2.71 bits per heavy atom. The predicted molar refractivity (Wildman–Crippen MR) is 90.2 cm³/mol. The van der Waals surface area contributed by atoms with Crippen molar-refractivity contribution in [3.8, 4) is 11.5 Å². The van der Waals surface area contributed by atoms with Crippen LogP contribution in [0.2, 0.25) is 0 Å². The van der Waals surface area contributed by atoms with Crippen molar-refractivity contribution < 1.29 is 14.8 Å². The molecule has 0 amide bonds. The summed E-state index contributed by atoms with van der Waals surface area (Å²) in [5.74, 6) is 0.511. The molecule has 0 aliphatic heterocycles. The summed E-state index contributed by atoms with van der Waals surface area (Å²) in [6.45, 7) is 3.90. The SMILES string of the molecule is COc1cc([N+](=O)[O-])cc(/C=N\n2c(SC)nnc2C(C)C)c1O. The third-order valence-electron chi connectivity index (χ3n) is 3.17. The molecule has 1 N–H and O–H groups in total. The van der Waals surface area contributed by atoms with Gasteiger partial charge in [-0.25, -0.2) is 0 Å². The van der Waals surface area contributed by atoms with Crippen LogP contribution < -0.4 is 4.74 Å². The van der Waals surface area contributed by atoms with E-state index in [4.69, 9.17) is 4.74 Å². The van der Waals surface area contributed by atoms with Gasteiger partial charge >= 0.3 is 0 Å². The first-order valence-electron chi connectivity index (χ1n) is 6.98. The highest BCUT2D eigenvalue weighted by Crippen LogP contribution is 2.33. The van der Waals surface area contributed by atoms with Crippen LogP contribution in [0.5, 0.6) is 11.5 Å². The fraction of sp³-hybridized carbons (Fsp3) is 0.357. The van der Waals surface area contributed by atoms with E-state index in [2.05, 4.69) is 15.3 Å². The Balaban J connectivity index is 2.51.